The third-order valence-electron chi connectivity index (χ3n) is 7.61. The predicted molar refractivity (Wildman–Crippen MR) is 138 cm³/mol. The highest BCUT2D eigenvalue weighted by Gasteiger charge is 2.34. The maximum absolute atomic E-state index is 13.5. The zero-order chi connectivity index (χ0) is 25.9. The molecule has 0 spiro atoms. The summed E-state index contributed by atoms with van der Waals surface area (Å²) >= 11 is 0. The number of carbonyl (C=O) groups excluding carboxylic acids is 1. The number of anilines is 1. The first-order chi connectivity index (χ1) is 18.0. The van der Waals surface area contributed by atoms with Crippen LogP contribution in [0, 0.1) is 0 Å². The summed E-state index contributed by atoms with van der Waals surface area (Å²) in [5.41, 5.74) is 4.11. The van der Waals surface area contributed by atoms with Crippen LogP contribution in [0.3, 0.4) is 0 Å². The summed E-state index contributed by atoms with van der Waals surface area (Å²) in [4.78, 5) is 35.0. The quantitative estimate of drug-likeness (QED) is 0.585. The van der Waals surface area contributed by atoms with E-state index in [0.717, 1.165) is 44.3 Å². The van der Waals surface area contributed by atoms with Gasteiger partial charge in [-0.15, -0.1) is 0 Å². The number of nitrogens with zero attached hydrogens (tertiary/aromatic N) is 4. The highest BCUT2D eigenvalue weighted by atomic mass is 16.7. The molecule has 0 unspecified atom stereocenters. The Labute approximate surface area is 216 Å². The lowest BCUT2D eigenvalue weighted by Gasteiger charge is -2.38. The average molecular weight is 505 g/mol. The van der Waals surface area contributed by atoms with Crippen molar-refractivity contribution >= 4 is 17.7 Å². The van der Waals surface area contributed by atoms with E-state index in [1.165, 1.54) is 18.4 Å². The molecule has 0 bridgehead atoms. The Hall–Kier alpha value is -4.01. The lowest BCUT2D eigenvalue weighted by atomic mass is 9.99. The molecule has 37 heavy (non-hydrogen) atoms. The number of piperidine rings is 1. The summed E-state index contributed by atoms with van der Waals surface area (Å²) in [5.74, 6) is 0.573. The molecule has 9 nitrogen and oxygen atoms in total. The third-order valence-corrected chi connectivity index (χ3v) is 7.61. The lowest BCUT2D eigenvalue weighted by Crippen LogP contribution is -2.45. The van der Waals surface area contributed by atoms with E-state index < -0.39 is 6.16 Å². The van der Waals surface area contributed by atoms with Crippen LogP contribution in [-0.4, -0.2) is 71.8 Å². The molecule has 1 aromatic carbocycles. The van der Waals surface area contributed by atoms with E-state index in [1.54, 1.807) is 6.08 Å². The van der Waals surface area contributed by atoms with Crippen molar-refractivity contribution in [1.82, 2.24) is 14.8 Å². The van der Waals surface area contributed by atoms with E-state index in [0.29, 0.717) is 18.0 Å². The summed E-state index contributed by atoms with van der Waals surface area (Å²) < 4.78 is 10.5. The Bertz CT molecular complexity index is 1220. The first-order valence-corrected chi connectivity index (χ1v) is 12.6. The standard InChI is InChI=1S/C28H32N4O5/c1-30(21-11-16-31(17-12-21)22-9-13-29-14-10-22)26(33)20-6-5-19-7-8-24(23(19)18-20)32-15-3-4-25(27(32)36-2)37-28(34)35/h3-6,9-10,13-14,18,21,24H,7-8,11-12,15-17H2,1-2H3,(H,34,35)/t24-/m1/s1. The minimum Gasteiger partial charge on any atom is -0.480 e. The minimum absolute atomic E-state index is 0.0201. The van der Waals surface area contributed by atoms with Gasteiger partial charge in [-0.25, -0.2) is 4.79 Å². The number of benzene rings is 1. The Morgan fingerprint density at radius 1 is 1.11 bits per heavy atom. The Kier molecular flexibility index (Phi) is 7.03. The number of ether oxygens (including phenoxy) is 2. The molecular formula is C28H32N4O5. The first kappa shape index (κ1) is 24.7. The van der Waals surface area contributed by atoms with Crippen LogP contribution in [0.4, 0.5) is 10.5 Å². The van der Waals surface area contributed by atoms with Crippen LogP contribution in [0.5, 0.6) is 0 Å². The van der Waals surface area contributed by atoms with Gasteiger partial charge in [0.1, 0.15) is 0 Å². The number of methoxy groups -OCH3 is 1. The second-order valence-corrected chi connectivity index (χ2v) is 9.60. The number of hydrogen-bond donors (Lipinski definition) is 1. The largest absolute Gasteiger partial charge is 0.511 e. The van der Waals surface area contributed by atoms with E-state index in [-0.39, 0.29) is 23.8 Å². The number of allylic oxidation sites excluding steroid dienone is 1. The van der Waals surface area contributed by atoms with Crippen molar-refractivity contribution in [3.8, 4) is 0 Å². The fourth-order valence-electron chi connectivity index (χ4n) is 5.70. The number of amides is 1. The summed E-state index contributed by atoms with van der Waals surface area (Å²) in [6, 6.07) is 10.2. The molecule has 3 aliphatic rings. The van der Waals surface area contributed by atoms with Crippen molar-refractivity contribution < 1.29 is 24.2 Å². The lowest BCUT2D eigenvalue weighted by molar-refractivity contribution is 0.0707. The smallest absolute Gasteiger partial charge is 0.480 e. The normalized spacial score (nSPS) is 19.6. The molecule has 1 fully saturated rings. The van der Waals surface area contributed by atoms with Gasteiger partial charge in [-0.1, -0.05) is 12.1 Å². The second-order valence-electron chi connectivity index (χ2n) is 9.60. The van der Waals surface area contributed by atoms with Gasteiger partial charge in [-0.3, -0.25) is 9.78 Å². The second kappa shape index (κ2) is 10.5. The average Bonchev–Trinajstić information content (AvgIpc) is 3.35. The molecule has 1 amide bonds. The topological polar surface area (TPSA) is 95.4 Å². The molecule has 1 aromatic heterocycles. The molecule has 0 radical (unpaired) electrons. The zero-order valence-electron chi connectivity index (χ0n) is 21.2. The Balaban J connectivity index is 1.31. The summed E-state index contributed by atoms with van der Waals surface area (Å²) in [6.07, 6.45) is 9.26. The monoisotopic (exact) mass is 504 g/mol. The zero-order valence-corrected chi connectivity index (χ0v) is 21.2. The molecule has 1 aliphatic carbocycles. The van der Waals surface area contributed by atoms with E-state index >= 15 is 0 Å². The van der Waals surface area contributed by atoms with Gasteiger partial charge in [-0.2, -0.15) is 0 Å². The van der Waals surface area contributed by atoms with Gasteiger partial charge in [0.15, 0.2) is 5.76 Å². The van der Waals surface area contributed by atoms with Crippen molar-refractivity contribution in [3.05, 3.63) is 83.2 Å². The molecule has 194 valence electrons. The Morgan fingerprint density at radius 3 is 2.57 bits per heavy atom. The van der Waals surface area contributed by atoms with E-state index in [2.05, 4.69) is 9.88 Å². The molecule has 2 aromatic rings. The maximum atomic E-state index is 13.5. The van der Waals surface area contributed by atoms with Gasteiger partial charge in [0, 0.05) is 56.4 Å². The number of rotatable bonds is 6. The molecule has 1 atom stereocenters. The summed E-state index contributed by atoms with van der Waals surface area (Å²) in [5, 5.41) is 9.11. The number of carboxylic acid groups (broad SMARTS) is 1. The third kappa shape index (κ3) is 4.98. The predicted octanol–water partition coefficient (Wildman–Crippen LogP) is 4.19. The Morgan fingerprint density at radius 2 is 1.86 bits per heavy atom. The molecular weight excluding hydrogens is 472 g/mol. The molecule has 5 rings (SSSR count). The van der Waals surface area contributed by atoms with Gasteiger partial charge < -0.3 is 29.3 Å². The number of hydrogen-bond acceptors (Lipinski definition) is 7. The van der Waals surface area contributed by atoms with Crippen molar-refractivity contribution in [2.45, 2.75) is 37.8 Å². The van der Waals surface area contributed by atoms with Crippen molar-refractivity contribution in [2.24, 2.45) is 0 Å². The van der Waals surface area contributed by atoms with Crippen LogP contribution < -0.4 is 4.90 Å². The van der Waals surface area contributed by atoms with Gasteiger partial charge in [0.2, 0.25) is 5.88 Å². The van der Waals surface area contributed by atoms with Crippen LogP contribution in [0.1, 0.15) is 46.8 Å². The van der Waals surface area contributed by atoms with Gasteiger partial charge in [0.05, 0.1) is 13.2 Å². The van der Waals surface area contributed by atoms with Crippen molar-refractivity contribution in [3.63, 3.8) is 0 Å². The molecule has 0 saturated carbocycles. The highest BCUT2D eigenvalue weighted by Crippen LogP contribution is 2.40. The van der Waals surface area contributed by atoms with Gasteiger partial charge in [-0.05, 0) is 67.2 Å². The molecule has 3 heterocycles. The van der Waals surface area contributed by atoms with E-state index in [9.17, 15) is 9.59 Å². The first-order valence-electron chi connectivity index (χ1n) is 12.6. The van der Waals surface area contributed by atoms with Crippen molar-refractivity contribution in [1.29, 1.82) is 0 Å². The van der Waals surface area contributed by atoms with E-state index in [4.69, 9.17) is 14.6 Å². The number of aryl methyl sites for hydroxylation is 1. The number of carbonyl (C=O) groups is 2. The van der Waals surface area contributed by atoms with Crippen LogP contribution in [0.25, 0.3) is 0 Å². The van der Waals surface area contributed by atoms with E-state index in [1.807, 2.05) is 65.6 Å². The minimum atomic E-state index is -1.38. The highest BCUT2D eigenvalue weighted by molar-refractivity contribution is 5.94. The number of pyridine rings is 1. The van der Waals surface area contributed by atoms with Crippen LogP contribution in [-0.2, 0) is 15.9 Å². The maximum Gasteiger partial charge on any atom is 0.511 e. The van der Waals surface area contributed by atoms with Crippen LogP contribution in [0.15, 0.2) is 66.5 Å². The fraction of sp³-hybridized carbons (Fsp3) is 0.393. The molecule has 1 saturated heterocycles. The van der Waals surface area contributed by atoms with Gasteiger partial charge >= 0.3 is 6.16 Å². The van der Waals surface area contributed by atoms with Crippen LogP contribution in [0.2, 0.25) is 0 Å². The fourth-order valence-corrected chi connectivity index (χ4v) is 5.70. The summed E-state index contributed by atoms with van der Waals surface area (Å²) in [6.45, 7) is 2.36. The molecule has 9 heteroatoms. The summed E-state index contributed by atoms with van der Waals surface area (Å²) in [7, 11) is 3.41. The molecule has 1 N–H and O–H groups in total. The SMILES string of the molecule is COC1=C(OC(=O)O)C=CCN1[C@@H]1CCc2ccc(C(=O)N(C)C3CCN(c4ccncc4)CC3)cc21. The van der Waals surface area contributed by atoms with Crippen molar-refractivity contribution in [2.75, 3.05) is 38.7 Å². The van der Waals surface area contributed by atoms with Gasteiger partial charge in [0.25, 0.3) is 5.91 Å². The van der Waals surface area contributed by atoms with Crippen LogP contribution >= 0.6 is 0 Å². The molecule has 2 aliphatic heterocycles. The number of fused-ring (bicyclic) bond motifs is 1. The number of aromatic nitrogens is 1.